The number of rotatable bonds is 3. The van der Waals surface area contributed by atoms with Crippen molar-refractivity contribution in [3.05, 3.63) is 71.9 Å². The molecule has 0 radical (unpaired) electrons. The van der Waals surface area contributed by atoms with E-state index in [2.05, 4.69) is 10.4 Å². The molecule has 1 N–H and O–H groups in total. The van der Waals surface area contributed by atoms with E-state index in [-0.39, 0.29) is 17.6 Å². The third kappa shape index (κ3) is 2.99. The maximum atomic E-state index is 12.9. The molecule has 1 aromatic carbocycles. The average Bonchev–Trinajstić information content (AvgIpc) is 3.32. The summed E-state index contributed by atoms with van der Waals surface area (Å²) in [4.78, 5) is 27.3. The zero-order valence-electron chi connectivity index (χ0n) is 14.3. The van der Waals surface area contributed by atoms with Gasteiger partial charge < -0.3 is 14.6 Å². The SMILES string of the molecule is Cn1cc(NC(=O)C2Cc3ccccc3CN2C(=O)c2ccco2)cn1. The van der Waals surface area contributed by atoms with Gasteiger partial charge in [-0.15, -0.1) is 0 Å². The number of hydrogen-bond acceptors (Lipinski definition) is 4. The second-order valence-corrected chi connectivity index (χ2v) is 6.29. The number of nitrogens with one attached hydrogen (secondary N) is 1. The van der Waals surface area contributed by atoms with Crippen LogP contribution < -0.4 is 5.32 Å². The van der Waals surface area contributed by atoms with Gasteiger partial charge in [0.05, 0.1) is 18.1 Å². The van der Waals surface area contributed by atoms with Crippen LogP contribution in [0.5, 0.6) is 0 Å². The first-order chi connectivity index (χ1) is 12.6. The Hall–Kier alpha value is -3.35. The molecule has 0 spiro atoms. The lowest BCUT2D eigenvalue weighted by Crippen LogP contribution is -2.50. The number of hydrogen-bond donors (Lipinski definition) is 1. The Morgan fingerprint density at radius 3 is 2.69 bits per heavy atom. The van der Waals surface area contributed by atoms with Crippen molar-refractivity contribution >= 4 is 17.5 Å². The average molecular weight is 350 g/mol. The van der Waals surface area contributed by atoms with Crippen molar-refractivity contribution in [1.29, 1.82) is 0 Å². The number of aromatic nitrogens is 2. The molecule has 1 aliphatic heterocycles. The zero-order chi connectivity index (χ0) is 18.1. The molecular weight excluding hydrogens is 332 g/mol. The Morgan fingerprint density at radius 1 is 1.19 bits per heavy atom. The van der Waals surface area contributed by atoms with E-state index >= 15 is 0 Å². The van der Waals surface area contributed by atoms with E-state index in [1.165, 1.54) is 6.26 Å². The molecule has 1 unspecified atom stereocenters. The van der Waals surface area contributed by atoms with Crippen LogP contribution in [0.4, 0.5) is 5.69 Å². The number of fused-ring (bicyclic) bond motifs is 1. The Morgan fingerprint density at radius 2 is 2.00 bits per heavy atom. The fourth-order valence-corrected chi connectivity index (χ4v) is 3.22. The summed E-state index contributed by atoms with van der Waals surface area (Å²) in [5, 5.41) is 6.90. The van der Waals surface area contributed by atoms with Gasteiger partial charge in [-0.2, -0.15) is 5.10 Å². The molecule has 7 nitrogen and oxygen atoms in total. The third-order valence-electron chi connectivity index (χ3n) is 4.52. The molecule has 3 heterocycles. The van der Waals surface area contributed by atoms with Crippen molar-refractivity contribution in [2.45, 2.75) is 19.0 Å². The molecule has 0 bridgehead atoms. The fourth-order valence-electron chi connectivity index (χ4n) is 3.22. The van der Waals surface area contributed by atoms with Gasteiger partial charge in [0.2, 0.25) is 5.91 Å². The van der Waals surface area contributed by atoms with E-state index in [4.69, 9.17) is 4.42 Å². The molecule has 2 aromatic heterocycles. The lowest BCUT2D eigenvalue weighted by Gasteiger charge is -2.35. The summed E-state index contributed by atoms with van der Waals surface area (Å²) in [6, 6.07) is 10.5. The van der Waals surface area contributed by atoms with Crippen LogP contribution in [0.2, 0.25) is 0 Å². The van der Waals surface area contributed by atoms with E-state index in [0.29, 0.717) is 18.7 Å². The van der Waals surface area contributed by atoms with Crippen molar-refractivity contribution in [2.75, 3.05) is 5.32 Å². The predicted octanol–water partition coefficient (Wildman–Crippen LogP) is 2.22. The van der Waals surface area contributed by atoms with E-state index in [9.17, 15) is 9.59 Å². The number of carbonyl (C=O) groups is 2. The molecule has 7 heteroatoms. The number of carbonyl (C=O) groups excluding carboxylic acids is 2. The monoisotopic (exact) mass is 350 g/mol. The highest BCUT2D eigenvalue weighted by molar-refractivity contribution is 6.00. The van der Waals surface area contributed by atoms with Crippen molar-refractivity contribution in [3.8, 4) is 0 Å². The van der Waals surface area contributed by atoms with Crippen molar-refractivity contribution in [2.24, 2.45) is 7.05 Å². The van der Waals surface area contributed by atoms with Crippen LogP contribution in [-0.2, 0) is 24.8 Å². The first-order valence-corrected chi connectivity index (χ1v) is 8.32. The number of nitrogens with zero attached hydrogens (tertiary/aromatic N) is 3. The maximum absolute atomic E-state index is 12.9. The molecule has 132 valence electrons. The van der Waals surface area contributed by atoms with Crippen LogP contribution in [-0.4, -0.2) is 32.5 Å². The molecule has 0 saturated carbocycles. The van der Waals surface area contributed by atoms with Crippen molar-refractivity contribution < 1.29 is 14.0 Å². The number of benzene rings is 1. The third-order valence-corrected chi connectivity index (χ3v) is 4.52. The Balaban J connectivity index is 1.64. The second kappa shape index (κ2) is 6.51. The quantitative estimate of drug-likeness (QED) is 0.785. The highest BCUT2D eigenvalue weighted by atomic mass is 16.3. The Labute approximate surface area is 150 Å². The van der Waals surface area contributed by atoms with Crippen LogP contribution in [0.1, 0.15) is 21.7 Å². The lowest BCUT2D eigenvalue weighted by molar-refractivity contribution is -0.121. The number of amides is 2. The zero-order valence-corrected chi connectivity index (χ0v) is 14.3. The van der Waals surface area contributed by atoms with Gasteiger partial charge in [0.25, 0.3) is 5.91 Å². The van der Waals surface area contributed by atoms with Crippen LogP contribution in [0.25, 0.3) is 0 Å². The smallest absolute Gasteiger partial charge is 0.290 e. The van der Waals surface area contributed by atoms with Gasteiger partial charge in [0.1, 0.15) is 6.04 Å². The van der Waals surface area contributed by atoms with Crippen LogP contribution in [0.3, 0.4) is 0 Å². The van der Waals surface area contributed by atoms with E-state index in [1.807, 2.05) is 24.3 Å². The van der Waals surface area contributed by atoms with Crippen molar-refractivity contribution in [3.63, 3.8) is 0 Å². The molecule has 1 aliphatic rings. The molecule has 0 saturated heterocycles. The molecule has 4 rings (SSSR count). The van der Waals surface area contributed by atoms with Gasteiger partial charge in [-0.1, -0.05) is 24.3 Å². The first kappa shape index (κ1) is 16.1. The molecular formula is C19H18N4O3. The normalized spacial score (nSPS) is 16.2. The Bertz CT molecular complexity index is 945. The molecule has 1 atom stereocenters. The van der Waals surface area contributed by atoms with Crippen LogP contribution >= 0.6 is 0 Å². The lowest BCUT2D eigenvalue weighted by atomic mass is 9.93. The highest BCUT2D eigenvalue weighted by Crippen LogP contribution is 2.26. The summed E-state index contributed by atoms with van der Waals surface area (Å²) < 4.78 is 6.86. The van der Waals surface area contributed by atoms with Crippen LogP contribution in [0.15, 0.2) is 59.5 Å². The molecule has 0 aliphatic carbocycles. The summed E-state index contributed by atoms with van der Waals surface area (Å²) in [6.45, 7) is 0.362. The number of aryl methyl sites for hydroxylation is 1. The first-order valence-electron chi connectivity index (χ1n) is 8.32. The topological polar surface area (TPSA) is 80.4 Å². The summed E-state index contributed by atoms with van der Waals surface area (Å²) >= 11 is 0. The van der Waals surface area contributed by atoms with Gasteiger partial charge in [-0.3, -0.25) is 14.3 Å². The number of furan rings is 1. The minimum atomic E-state index is -0.622. The van der Waals surface area contributed by atoms with Gasteiger partial charge in [-0.05, 0) is 23.3 Å². The van der Waals surface area contributed by atoms with Gasteiger partial charge >= 0.3 is 0 Å². The maximum Gasteiger partial charge on any atom is 0.290 e. The van der Waals surface area contributed by atoms with E-state index in [1.54, 1.807) is 41.2 Å². The molecule has 3 aromatic rings. The molecule has 0 fully saturated rings. The summed E-state index contributed by atoms with van der Waals surface area (Å²) in [7, 11) is 1.78. The summed E-state index contributed by atoms with van der Waals surface area (Å²) in [5.74, 6) is -0.313. The van der Waals surface area contributed by atoms with Gasteiger partial charge in [0.15, 0.2) is 5.76 Å². The van der Waals surface area contributed by atoms with Gasteiger partial charge in [-0.25, -0.2) is 0 Å². The van der Waals surface area contributed by atoms with E-state index < -0.39 is 6.04 Å². The minimum Gasteiger partial charge on any atom is -0.459 e. The summed E-state index contributed by atoms with van der Waals surface area (Å²) in [6.07, 6.45) is 5.20. The van der Waals surface area contributed by atoms with Crippen LogP contribution in [0, 0.1) is 0 Å². The standard InChI is InChI=1S/C19H18N4O3/c1-22-12-15(10-20-22)21-18(24)16-9-13-5-2-3-6-14(13)11-23(16)19(25)17-7-4-8-26-17/h2-8,10,12,16H,9,11H2,1H3,(H,21,24). The van der Waals surface area contributed by atoms with Crippen molar-refractivity contribution in [1.82, 2.24) is 14.7 Å². The fraction of sp³-hybridized carbons (Fsp3) is 0.211. The van der Waals surface area contributed by atoms with Gasteiger partial charge in [0, 0.05) is 26.2 Å². The predicted molar refractivity (Wildman–Crippen MR) is 94.4 cm³/mol. The largest absolute Gasteiger partial charge is 0.459 e. The Kier molecular flexibility index (Phi) is 4.04. The molecule has 2 amide bonds. The molecule has 26 heavy (non-hydrogen) atoms. The number of anilines is 1. The van der Waals surface area contributed by atoms with E-state index in [0.717, 1.165) is 11.1 Å². The highest BCUT2D eigenvalue weighted by Gasteiger charge is 2.36. The minimum absolute atomic E-state index is 0.226. The summed E-state index contributed by atoms with van der Waals surface area (Å²) in [5.41, 5.74) is 2.71. The second-order valence-electron chi connectivity index (χ2n) is 6.29.